The summed E-state index contributed by atoms with van der Waals surface area (Å²) in [6, 6.07) is 18.7. The molecule has 1 fully saturated rings. The fraction of sp³-hybridized carbons (Fsp3) is 0.240. The zero-order valence-corrected chi connectivity index (χ0v) is 18.5. The topological polar surface area (TPSA) is 111 Å². The number of fused-ring (bicyclic) bond motifs is 1. The average molecular weight is 441 g/mol. The Morgan fingerprint density at radius 2 is 1.91 bits per heavy atom. The van der Waals surface area contributed by atoms with Gasteiger partial charge in [0.15, 0.2) is 0 Å². The molecule has 0 saturated carbocycles. The minimum Gasteiger partial charge on any atom is -0.382 e. The highest BCUT2D eigenvalue weighted by Gasteiger charge is 2.17. The normalized spacial score (nSPS) is 15.2. The molecule has 0 aliphatic carbocycles. The lowest BCUT2D eigenvalue weighted by Crippen LogP contribution is -2.42. The number of benzene rings is 2. The quantitative estimate of drug-likeness (QED) is 0.262. The SMILES string of the molecule is N=CN=C(N)c1[nH]c(CN2CCNCC2)cc1-c1ccc2cn(Cc3ccccc3)nc2c1. The molecular weight excluding hydrogens is 412 g/mol. The van der Waals surface area contributed by atoms with Gasteiger partial charge < -0.3 is 16.0 Å². The van der Waals surface area contributed by atoms with Crippen molar-refractivity contribution >= 4 is 23.1 Å². The second-order valence-electron chi connectivity index (χ2n) is 8.34. The molecule has 8 heteroatoms. The number of hydrogen-bond acceptors (Lipinski definition) is 4. The number of rotatable bonds is 7. The smallest absolute Gasteiger partial charge is 0.149 e. The number of hydrogen-bond donors (Lipinski definition) is 4. The Hall–Kier alpha value is -3.75. The number of H-pyrrole nitrogens is 1. The summed E-state index contributed by atoms with van der Waals surface area (Å²) in [5.74, 6) is 0.307. The molecule has 5 N–H and O–H groups in total. The van der Waals surface area contributed by atoms with Gasteiger partial charge in [0.25, 0.3) is 0 Å². The van der Waals surface area contributed by atoms with E-state index >= 15 is 0 Å². The van der Waals surface area contributed by atoms with Crippen molar-refractivity contribution in [3.05, 3.63) is 77.7 Å². The van der Waals surface area contributed by atoms with Crippen LogP contribution in [0.2, 0.25) is 0 Å². The number of piperazine rings is 1. The summed E-state index contributed by atoms with van der Waals surface area (Å²) in [5, 5.41) is 16.6. The molecule has 1 saturated heterocycles. The molecule has 1 aliphatic heterocycles. The van der Waals surface area contributed by atoms with Crippen LogP contribution < -0.4 is 11.1 Å². The molecular formula is C25H28N8. The predicted octanol–water partition coefficient (Wildman–Crippen LogP) is 2.80. The van der Waals surface area contributed by atoms with Crippen molar-refractivity contribution in [2.45, 2.75) is 13.1 Å². The molecule has 3 heterocycles. The van der Waals surface area contributed by atoms with E-state index in [-0.39, 0.29) is 0 Å². The van der Waals surface area contributed by atoms with Crippen molar-refractivity contribution in [3.8, 4) is 11.1 Å². The highest BCUT2D eigenvalue weighted by Crippen LogP contribution is 2.28. The fourth-order valence-electron chi connectivity index (χ4n) is 4.36. The molecule has 0 unspecified atom stereocenters. The van der Waals surface area contributed by atoms with Crippen LogP contribution in [-0.2, 0) is 13.1 Å². The first kappa shape index (κ1) is 21.1. The van der Waals surface area contributed by atoms with Gasteiger partial charge in [0, 0.05) is 55.6 Å². The molecule has 4 aromatic rings. The van der Waals surface area contributed by atoms with Gasteiger partial charge >= 0.3 is 0 Å². The maximum Gasteiger partial charge on any atom is 0.149 e. The maximum atomic E-state index is 7.34. The van der Waals surface area contributed by atoms with Crippen molar-refractivity contribution in [1.29, 1.82) is 5.41 Å². The Morgan fingerprint density at radius 3 is 2.70 bits per heavy atom. The van der Waals surface area contributed by atoms with Gasteiger partial charge in [-0.05, 0) is 23.3 Å². The van der Waals surface area contributed by atoms with E-state index in [0.717, 1.165) is 79.0 Å². The largest absolute Gasteiger partial charge is 0.382 e. The molecule has 5 rings (SSSR count). The van der Waals surface area contributed by atoms with Gasteiger partial charge in [0.2, 0.25) is 0 Å². The average Bonchev–Trinajstić information content (AvgIpc) is 3.43. The molecule has 1 aliphatic rings. The Bertz CT molecular complexity index is 1280. The summed E-state index contributed by atoms with van der Waals surface area (Å²) in [7, 11) is 0. The molecule has 168 valence electrons. The van der Waals surface area contributed by atoms with Gasteiger partial charge in [-0.2, -0.15) is 5.10 Å². The summed E-state index contributed by atoms with van der Waals surface area (Å²) in [6.45, 7) is 5.58. The van der Waals surface area contributed by atoms with Crippen molar-refractivity contribution in [3.63, 3.8) is 0 Å². The van der Waals surface area contributed by atoms with Crippen LogP contribution >= 0.6 is 0 Å². The van der Waals surface area contributed by atoms with Gasteiger partial charge in [-0.1, -0.05) is 42.5 Å². The van der Waals surface area contributed by atoms with Crippen molar-refractivity contribution in [1.82, 2.24) is 25.0 Å². The van der Waals surface area contributed by atoms with Gasteiger partial charge in [-0.15, -0.1) is 0 Å². The minimum absolute atomic E-state index is 0.307. The lowest BCUT2D eigenvalue weighted by atomic mass is 10.0. The second-order valence-corrected chi connectivity index (χ2v) is 8.34. The van der Waals surface area contributed by atoms with Crippen LogP contribution in [-0.4, -0.2) is 58.0 Å². The summed E-state index contributed by atoms with van der Waals surface area (Å²) in [5.41, 5.74) is 12.2. The number of amidine groups is 1. The van der Waals surface area contributed by atoms with Crippen LogP contribution in [0.1, 0.15) is 17.0 Å². The maximum absolute atomic E-state index is 7.34. The standard InChI is InChI=1S/C25H28N8/c26-17-29-25(27)24-22(13-21(30-24)16-32-10-8-28-9-11-32)19-6-7-20-15-33(31-23(20)12-19)14-18-4-2-1-3-5-18/h1-7,12-13,15,17,28,30H,8-11,14,16H2,(H3,26,27,29). The molecule has 33 heavy (non-hydrogen) atoms. The summed E-state index contributed by atoms with van der Waals surface area (Å²) < 4.78 is 1.97. The van der Waals surface area contributed by atoms with E-state index in [1.165, 1.54) is 5.56 Å². The lowest BCUT2D eigenvalue weighted by Gasteiger charge is -2.26. The molecule has 0 spiro atoms. The Labute approximate surface area is 192 Å². The monoisotopic (exact) mass is 440 g/mol. The number of aromatic amines is 1. The third-order valence-corrected chi connectivity index (χ3v) is 5.99. The number of aliphatic imine (C=N–C) groups is 1. The van der Waals surface area contributed by atoms with Crippen molar-refractivity contribution in [2.24, 2.45) is 10.7 Å². The Kier molecular flexibility index (Phi) is 6.01. The predicted molar refractivity (Wildman–Crippen MR) is 133 cm³/mol. The van der Waals surface area contributed by atoms with Gasteiger partial charge in [0.05, 0.1) is 17.8 Å². The lowest BCUT2D eigenvalue weighted by molar-refractivity contribution is 0.231. The zero-order valence-electron chi connectivity index (χ0n) is 18.5. The van der Waals surface area contributed by atoms with E-state index in [9.17, 15) is 0 Å². The van der Waals surface area contributed by atoms with Crippen LogP contribution in [0.5, 0.6) is 0 Å². The van der Waals surface area contributed by atoms with E-state index in [2.05, 4.69) is 62.8 Å². The van der Waals surface area contributed by atoms with Crippen LogP contribution in [0, 0.1) is 5.41 Å². The number of nitrogens with two attached hydrogens (primary N) is 1. The van der Waals surface area contributed by atoms with Gasteiger partial charge in [0.1, 0.15) is 12.2 Å². The first-order valence-electron chi connectivity index (χ1n) is 11.2. The van der Waals surface area contributed by atoms with Crippen LogP contribution in [0.25, 0.3) is 22.0 Å². The molecule has 0 radical (unpaired) electrons. The number of nitrogens with one attached hydrogen (secondary N) is 3. The third-order valence-electron chi connectivity index (χ3n) is 5.99. The van der Waals surface area contributed by atoms with E-state index in [0.29, 0.717) is 5.84 Å². The van der Waals surface area contributed by atoms with Crippen molar-refractivity contribution in [2.75, 3.05) is 26.2 Å². The fourth-order valence-corrected chi connectivity index (χ4v) is 4.36. The molecule has 0 atom stereocenters. The first-order chi connectivity index (χ1) is 16.2. The van der Waals surface area contributed by atoms with E-state index in [4.69, 9.17) is 16.2 Å². The van der Waals surface area contributed by atoms with E-state index in [1.807, 2.05) is 22.9 Å². The first-order valence-corrected chi connectivity index (χ1v) is 11.2. The van der Waals surface area contributed by atoms with Crippen LogP contribution in [0.15, 0.2) is 65.8 Å². The third kappa shape index (κ3) is 4.72. The van der Waals surface area contributed by atoms with Crippen LogP contribution in [0.3, 0.4) is 0 Å². The minimum atomic E-state index is 0.307. The zero-order chi connectivity index (χ0) is 22.6. The highest BCUT2D eigenvalue weighted by molar-refractivity contribution is 6.05. The number of nitrogens with zero attached hydrogens (tertiary/aromatic N) is 4. The van der Waals surface area contributed by atoms with Crippen molar-refractivity contribution < 1.29 is 0 Å². The molecule has 8 nitrogen and oxygen atoms in total. The molecule has 2 aromatic heterocycles. The highest BCUT2D eigenvalue weighted by atomic mass is 15.3. The van der Waals surface area contributed by atoms with E-state index < -0.39 is 0 Å². The molecule has 0 bridgehead atoms. The van der Waals surface area contributed by atoms with Crippen LogP contribution in [0.4, 0.5) is 0 Å². The number of aromatic nitrogens is 3. The summed E-state index contributed by atoms with van der Waals surface area (Å²) >= 11 is 0. The van der Waals surface area contributed by atoms with Gasteiger partial charge in [-0.3, -0.25) is 15.0 Å². The summed E-state index contributed by atoms with van der Waals surface area (Å²) in [4.78, 5) is 9.88. The Morgan fingerprint density at radius 1 is 1.09 bits per heavy atom. The molecule has 0 amide bonds. The van der Waals surface area contributed by atoms with Gasteiger partial charge in [-0.25, -0.2) is 4.99 Å². The van der Waals surface area contributed by atoms with E-state index in [1.54, 1.807) is 0 Å². The second kappa shape index (κ2) is 9.40. The summed E-state index contributed by atoms with van der Waals surface area (Å²) in [6.07, 6.45) is 3.05. The molecule has 2 aromatic carbocycles. The Balaban J connectivity index is 1.47.